The van der Waals surface area contributed by atoms with Gasteiger partial charge in [0.2, 0.25) is 0 Å². The predicted octanol–water partition coefficient (Wildman–Crippen LogP) is 1.49. The molecule has 0 saturated carbocycles. The Hall–Kier alpha value is -1.40. The molecule has 0 spiro atoms. The minimum Gasteiger partial charge on any atom is -0.384 e. The number of rotatable bonds is 6. The topological polar surface area (TPSA) is 76.3 Å². The minimum atomic E-state index is 0.376. The summed E-state index contributed by atoms with van der Waals surface area (Å²) in [5, 5.41) is 3.35. The van der Waals surface area contributed by atoms with Crippen LogP contribution >= 0.6 is 0 Å². The highest BCUT2D eigenvalue weighted by Crippen LogP contribution is 2.13. The van der Waals surface area contributed by atoms with Gasteiger partial charge in [-0.25, -0.2) is 9.97 Å². The Morgan fingerprint density at radius 1 is 1.35 bits per heavy atom. The molecular formula is C14H25N5O. The molecule has 20 heavy (non-hydrogen) atoms. The molecule has 0 aromatic carbocycles. The van der Waals surface area contributed by atoms with Gasteiger partial charge in [-0.2, -0.15) is 0 Å². The van der Waals surface area contributed by atoms with Crippen molar-refractivity contribution in [3.63, 3.8) is 0 Å². The summed E-state index contributed by atoms with van der Waals surface area (Å²) >= 11 is 0. The zero-order valence-corrected chi connectivity index (χ0v) is 12.4. The van der Waals surface area contributed by atoms with Crippen molar-refractivity contribution in [2.45, 2.75) is 38.8 Å². The predicted molar refractivity (Wildman–Crippen MR) is 80.5 cm³/mol. The van der Waals surface area contributed by atoms with Crippen molar-refractivity contribution in [3.05, 3.63) is 11.9 Å². The number of nitrogen functional groups attached to an aromatic ring is 1. The van der Waals surface area contributed by atoms with Gasteiger partial charge in [0.1, 0.15) is 18.2 Å². The first-order chi connectivity index (χ1) is 9.69. The van der Waals surface area contributed by atoms with Crippen LogP contribution in [0.3, 0.4) is 0 Å². The molecule has 0 aliphatic carbocycles. The molecule has 1 aromatic heterocycles. The number of piperidine rings is 1. The third-order valence-corrected chi connectivity index (χ3v) is 3.66. The highest BCUT2D eigenvalue weighted by atomic mass is 16.5. The number of hydrogen-bond donors (Lipinski definition) is 2. The van der Waals surface area contributed by atoms with E-state index in [0.717, 1.165) is 12.4 Å². The minimum absolute atomic E-state index is 0.376. The Balaban J connectivity index is 1.89. The monoisotopic (exact) mass is 279 g/mol. The van der Waals surface area contributed by atoms with Crippen LogP contribution in [-0.2, 0) is 11.3 Å². The highest BCUT2D eigenvalue weighted by Gasteiger charge is 2.16. The lowest BCUT2D eigenvalue weighted by Crippen LogP contribution is -2.41. The molecule has 6 heteroatoms. The van der Waals surface area contributed by atoms with E-state index in [1.54, 1.807) is 13.2 Å². The molecule has 112 valence electrons. The highest BCUT2D eigenvalue weighted by molar-refractivity contribution is 5.44. The molecule has 1 unspecified atom stereocenters. The van der Waals surface area contributed by atoms with Gasteiger partial charge in [-0.3, -0.25) is 4.90 Å². The number of nitrogens with zero attached hydrogens (tertiary/aromatic N) is 3. The molecule has 1 fully saturated rings. The van der Waals surface area contributed by atoms with Crippen molar-refractivity contribution in [2.75, 3.05) is 37.8 Å². The molecule has 1 atom stereocenters. The van der Waals surface area contributed by atoms with Crippen molar-refractivity contribution in [1.82, 2.24) is 14.9 Å². The van der Waals surface area contributed by atoms with Crippen LogP contribution in [0.2, 0.25) is 0 Å². The average Bonchev–Trinajstić information content (AvgIpc) is 2.45. The number of nitrogens with two attached hydrogens (primary N) is 1. The Morgan fingerprint density at radius 2 is 2.10 bits per heavy atom. The third kappa shape index (κ3) is 4.31. The fourth-order valence-electron chi connectivity index (χ4n) is 2.54. The standard InChI is InChI=1S/C14H25N5O/c1-11(19-6-4-3-5-7-19)9-16-13-8-12(15)17-14(18-13)10-20-2/h8,11H,3-7,9-10H2,1-2H3,(H3,15,16,17,18). The van der Waals surface area contributed by atoms with Crippen molar-refractivity contribution in [2.24, 2.45) is 0 Å². The number of hydrogen-bond acceptors (Lipinski definition) is 6. The summed E-state index contributed by atoms with van der Waals surface area (Å²) in [6.45, 7) is 5.89. The molecule has 1 aliphatic rings. The summed E-state index contributed by atoms with van der Waals surface area (Å²) in [4.78, 5) is 11.1. The van der Waals surface area contributed by atoms with Gasteiger partial charge >= 0.3 is 0 Å². The summed E-state index contributed by atoms with van der Waals surface area (Å²) in [5.41, 5.74) is 5.78. The lowest BCUT2D eigenvalue weighted by atomic mass is 10.1. The number of likely N-dealkylation sites (tertiary alicyclic amines) is 1. The van der Waals surface area contributed by atoms with Gasteiger partial charge in [-0.05, 0) is 32.9 Å². The maximum atomic E-state index is 5.78. The Bertz CT molecular complexity index is 420. The number of anilines is 2. The summed E-state index contributed by atoms with van der Waals surface area (Å²) in [6, 6.07) is 2.26. The third-order valence-electron chi connectivity index (χ3n) is 3.66. The maximum absolute atomic E-state index is 5.78. The van der Waals surface area contributed by atoms with Crippen LogP contribution in [0.1, 0.15) is 32.0 Å². The van der Waals surface area contributed by atoms with Crippen molar-refractivity contribution in [3.8, 4) is 0 Å². The Labute approximate surface area is 120 Å². The lowest BCUT2D eigenvalue weighted by Gasteiger charge is -2.32. The first kappa shape index (κ1) is 15.0. The van der Waals surface area contributed by atoms with E-state index in [4.69, 9.17) is 10.5 Å². The second-order valence-electron chi connectivity index (χ2n) is 5.35. The first-order valence-corrected chi connectivity index (χ1v) is 7.29. The van der Waals surface area contributed by atoms with E-state index < -0.39 is 0 Å². The normalized spacial score (nSPS) is 17.9. The van der Waals surface area contributed by atoms with Crippen LogP contribution in [0, 0.1) is 0 Å². The summed E-state index contributed by atoms with van der Waals surface area (Å²) in [6.07, 6.45) is 3.98. The zero-order valence-electron chi connectivity index (χ0n) is 12.4. The van der Waals surface area contributed by atoms with E-state index in [0.29, 0.717) is 24.3 Å². The van der Waals surface area contributed by atoms with E-state index in [-0.39, 0.29) is 0 Å². The van der Waals surface area contributed by atoms with E-state index in [2.05, 4.69) is 27.1 Å². The molecule has 2 rings (SSSR count). The van der Waals surface area contributed by atoms with Gasteiger partial charge < -0.3 is 15.8 Å². The van der Waals surface area contributed by atoms with E-state index in [9.17, 15) is 0 Å². The Morgan fingerprint density at radius 3 is 2.80 bits per heavy atom. The lowest BCUT2D eigenvalue weighted by molar-refractivity contribution is 0.177. The quantitative estimate of drug-likeness (QED) is 0.821. The second-order valence-corrected chi connectivity index (χ2v) is 5.35. The molecule has 0 radical (unpaired) electrons. The molecule has 0 amide bonds. The van der Waals surface area contributed by atoms with Gasteiger partial charge in [0.15, 0.2) is 5.82 Å². The molecule has 2 heterocycles. The van der Waals surface area contributed by atoms with Crippen LogP contribution in [0.15, 0.2) is 6.07 Å². The van der Waals surface area contributed by atoms with Crippen LogP contribution in [0.25, 0.3) is 0 Å². The van der Waals surface area contributed by atoms with E-state index in [1.807, 2.05) is 0 Å². The Kier molecular flexibility index (Phi) is 5.55. The maximum Gasteiger partial charge on any atom is 0.158 e. The van der Waals surface area contributed by atoms with Gasteiger partial charge in [0.25, 0.3) is 0 Å². The molecule has 0 bridgehead atoms. The van der Waals surface area contributed by atoms with Gasteiger partial charge in [0.05, 0.1) is 0 Å². The molecular weight excluding hydrogens is 254 g/mol. The SMILES string of the molecule is COCc1nc(N)cc(NCC(C)N2CCCCC2)n1. The van der Waals surface area contributed by atoms with Gasteiger partial charge in [-0.15, -0.1) is 0 Å². The number of methoxy groups -OCH3 is 1. The average molecular weight is 279 g/mol. The number of ether oxygens (including phenoxy) is 1. The van der Waals surface area contributed by atoms with Crippen LogP contribution in [-0.4, -0.2) is 47.7 Å². The van der Waals surface area contributed by atoms with Gasteiger partial charge in [0, 0.05) is 25.8 Å². The summed E-state index contributed by atoms with van der Waals surface area (Å²) < 4.78 is 5.04. The van der Waals surface area contributed by atoms with Crippen LogP contribution in [0.4, 0.5) is 11.6 Å². The van der Waals surface area contributed by atoms with Crippen LogP contribution < -0.4 is 11.1 Å². The van der Waals surface area contributed by atoms with E-state index in [1.165, 1.54) is 32.4 Å². The van der Waals surface area contributed by atoms with Crippen LogP contribution in [0.5, 0.6) is 0 Å². The first-order valence-electron chi connectivity index (χ1n) is 7.29. The zero-order chi connectivity index (χ0) is 14.4. The summed E-state index contributed by atoms with van der Waals surface area (Å²) in [7, 11) is 1.62. The van der Waals surface area contributed by atoms with Crippen molar-refractivity contribution >= 4 is 11.6 Å². The second kappa shape index (κ2) is 7.40. The largest absolute Gasteiger partial charge is 0.384 e. The van der Waals surface area contributed by atoms with Crippen molar-refractivity contribution in [1.29, 1.82) is 0 Å². The molecule has 1 saturated heterocycles. The summed E-state index contributed by atoms with van der Waals surface area (Å²) in [5.74, 6) is 1.86. The molecule has 3 N–H and O–H groups in total. The van der Waals surface area contributed by atoms with Crippen molar-refractivity contribution < 1.29 is 4.74 Å². The number of nitrogens with one attached hydrogen (secondary N) is 1. The molecule has 6 nitrogen and oxygen atoms in total. The molecule has 1 aliphatic heterocycles. The fraction of sp³-hybridized carbons (Fsp3) is 0.714. The van der Waals surface area contributed by atoms with Gasteiger partial charge in [-0.1, -0.05) is 6.42 Å². The number of aromatic nitrogens is 2. The van der Waals surface area contributed by atoms with E-state index >= 15 is 0 Å². The fourth-order valence-corrected chi connectivity index (χ4v) is 2.54. The smallest absolute Gasteiger partial charge is 0.158 e. The molecule has 1 aromatic rings.